The number of amides is 2. The highest BCUT2D eigenvalue weighted by atomic mass is 19.4. The van der Waals surface area contributed by atoms with Crippen LogP contribution in [0.25, 0.3) is 0 Å². The highest BCUT2D eigenvalue weighted by molar-refractivity contribution is 5.91. The van der Waals surface area contributed by atoms with Crippen molar-refractivity contribution >= 4 is 17.7 Å². The summed E-state index contributed by atoms with van der Waals surface area (Å²) >= 11 is 0. The number of nitrogens with one attached hydrogen (secondary N) is 1. The van der Waals surface area contributed by atoms with Crippen molar-refractivity contribution in [3.63, 3.8) is 0 Å². The van der Waals surface area contributed by atoms with Crippen molar-refractivity contribution in [2.24, 2.45) is 0 Å². The van der Waals surface area contributed by atoms with E-state index in [4.69, 9.17) is 5.11 Å². The lowest BCUT2D eigenvalue weighted by molar-refractivity contribution is -0.142. The molecule has 1 atom stereocenters. The van der Waals surface area contributed by atoms with Crippen LogP contribution in [0.5, 0.6) is 0 Å². The number of hydrogen-bond donors (Lipinski definition) is 2. The van der Waals surface area contributed by atoms with Crippen LogP contribution in [0.1, 0.15) is 19.0 Å². The number of nitrogens with zero attached hydrogens (tertiary/aromatic N) is 2. The van der Waals surface area contributed by atoms with E-state index in [1.165, 1.54) is 7.05 Å². The first-order chi connectivity index (χ1) is 9.66. The summed E-state index contributed by atoms with van der Waals surface area (Å²) in [4.78, 5) is 26.9. The number of pyridine rings is 1. The van der Waals surface area contributed by atoms with Gasteiger partial charge in [-0.3, -0.25) is 0 Å². The number of alkyl halides is 3. The number of aliphatic carboxylic acids is 1. The Kier molecular flexibility index (Phi) is 5.12. The van der Waals surface area contributed by atoms with Gasteiger partial charge in [-0.2, -0.15) is 13.2 Å². The average Bonchev–Trinajstić information content (AvgIpc) is 2.38. The molecule has 1 unspecified atom stereocenters. The van der Waals surface area contributed by atoms with Crippen LogP contribution in [0.2, 0.25) is 0 Å². The highest BCUT2D eigenvalue weighted by Crippen LogP contribution is 2.27. The molecular weight excluding hydrogens is 291 g/mol. The molecule has 1 heterocycles. The molecule has 0 aliphatic carbocycles. The number of carboxylic acid groups (broad SMARTS) is 1. The molecule has 0 aromatic carbocycles. The van der Waals surface area contributed by atoms with Gasteiger partial charge in [-0.1, -0.05) is 6.92 Å². The van der Waals surface area contributed by atoms with Gasteiger partial charge in [0.1, 0.15) is 11.7 Å². The summed E-state index contributed by atoms with van der Waals surface area (Å²) in [6.45, 7) is 1.60. The molecular formula is C12H14F3N3O3. The second-order valence-electron chi connectivity index (χ2n) is 4.23. The summed E-state index contributed by atoms with van der Waals surface area (Å²) in [7, 11) is 1.29. The fourth-order valence-corrected chi connectivity index (χ4v) is 1.60. The molecule has 1 aromatic rings. The zero-order chi connectivity index (χ0) is 16.2. The van der Waals surface area contributed by atoms with E-state index in [0.29, 0.717) is 0 Å². The largest absolute Gasteiger partial charge is 0.480 e. The van der Waals surface area contributed by atoms with E-state index in [-0.39, 0.29) is 12.1 Å². The van der Waals surface area contributed by atoms with Crippen LogP contribution in [0.4, 0.5) is 23.7 Å². The van der Waals surface area contributed by atoms with E-state index in [1.807, 2.05) is 0 Å². The van der Waals surface area contributed by atoms with E-state index in [0.717, 1.165) is 23.2 Å². The lowest BCUT2D eigenvalue weighted by Crippen LogP contribution is -2.44. The Hall–Kier alpha value is -2.32. The minimum atomic E-state index is -4.56. The predicted molar refractivity (Wildman–Crippen MR) is 67.7 cm³/mol. The zero-order valence-corrected chi connectivity index (χ0v) is 11.3. The second kappa shape index (κ2) is 6.42. The van der Waals surface area contributed by atoms with Crippen LogP contribution in [-0.4, -0.2) is 40.1 Å². The Morgan fingerprint density at radius 2 is 2.05 bits per heavy atom. The van der Waals surface area contributed by atoms with E-state index < -0.39 is 29.9 Å². The van der Waals surface area contributed by atoms with Crippen molar-refractivity contribution < 1.29 is 27.9 Å². The van der Waals surface area contributed by atoms with Gasteiger partial charge in [0, 0.05) is 7.05 Å². The standard InChI is InChI=1S/C12H14F3N3O3/c1-3-8(10(19)20)18(2)11(21)17-7-4-5-9(16-6-7)12(13,14)15/h4-6,8H,3H2,1-2H3,(H,17,21)(H,19,20). The summed E-state index contributed by atoms with van der Waals surface area (Å²) in [6, 6.07) is 0.00569. The van der Waals surface area contributed by atoms with Crippen LogP contribution < -0.4 is 5.32 Å². The zero-order valence-electron chi connectivity index (χ0n) is 11.3. The first-order valence-corrected chi connectivity index (χ1v) is 5.96. The molecule has 0 radical (unpaired) electrons. The molecule has 0 saturated heterocycles. The number of hydrogen-bond acceptors (Lipinski definition) is 3. The number of carbonyl (C=O) groups is 2. The fourth-order valence-electron chi connectivity index (χ4n) is 1.60. The first-order valence-electron chi connectivity index (χ1n) is 5.96. The minimum Gasteiger partial charge on any atom is -0.480 e. The third kappa shape index (κ3) is 4.33. The number of rotatable bonds is 4. The SMILES string of the molecule is CCC(C(=O)O)N(C)C(=O)Nc1ccc(C(F)(F)F)nc1. The van der Waals surface area contributed by atoms with E-state index >= 15 is 0 Å². The molecule has 0 fully saturated rings. The molecule has 0 bridgehead atoms. The molecule has 1 aromatic heterocycles. The number of urea groups is 1. The lowest BCUT2D eigenvalue weighted by Gasteiger charge is -2.23. The average molecular weight is 305 g/mol. The van der Waals surface area contributed by atoms with Gasteiger partial charge in [-0.25, -0.2) is 14.6 Å². The predicted octanol–water partition coefficient (Wildman–Crippen LogP) is 2.43. The summed E-state index contributed by atoms with van der Waals surface area (Å²) in [5.74, 6) is -1.17. The lowest BCUT2D eigenvalue weighted by atomic mass is 10.2. The van der Waals surface area contributed by atoms with Gasteiger partial charge in [-0.15, -0.1) is 0 Å². The van der Waals surface area contributed by atoms with Crippen molar-refractivity contribution in [1.29, 1.82) is 0 Å². The number of aromatic nitrogens is 1. The number of anilines is 1. The molecule has 21 heavy (non-hydrogen) atoms. The summed E-state index contributed by atoms with van der Waals surface area (Å²) in [5, 5.41) is 11.2. The highest BCUT2D eigenvalue weighted by Gasteiger charge is 2.32. The Bertz CT molecular complexity index is 517. The molecule has 0 spiro atoms. The number of likely N-dealkylation sites (N-methyl/N-ethyl adjacent to an activating group) is 1. The van der Waals surface area contributed by atoms with Gasteiger partial charge < -0.3 is 15.3 Å². The Morgan fingerprint density at radius 1 is 1.43 bits per heavy atom. The fraction of sp³-hybridized carbons (Fsp3) is 0.417. The topological polar surface area (TPSA) is 82.5 Å². The quantitative estimate of drug-likeness (QED) is 0.895. The van der Waals surface area contributed by atoms with Crippen LogP contribution in [0.15, 0.2) is 18.3 Å². The maximum Gasteiger partial charge on any atom is 0.433 e. The van der Waals surface area contributed by atoms with Crippen LogP contribution >= 0.6 is 0 Å². The summed E-state index contributed by atoms with van der Waals surface area (Å²) < 4.78 is 37.0. The number of halogens is 3. The normalized spacial score (nSPS) is 12.6. The monoisotopic (exact) mass is 305 g/mol. The van der Waals surface area contributed by atoms with Gasteiger partial charge in [0.25, 0.3) is 0 Å². The smallest absolute Gasteiger partial charge is 0.433 e. The van der Waals surface area contributed by atoms with Gasteiger partial charge in [0.05, 0.1) is 11.9 Å². The van der Waals surface area contributed by atoms with Crippen molar-refractivity contribution in [2.45, 2.75) is 25.6 Å². The van der Waals surface area contributed by atoms with E-state index in [9.17, 15) is 22.8 Å². The van der Waals surface area contributed by atoms with Crippen LogP contribution in [0.3, 0.4) is 0 Å². The summed E-state index contributed by atoms with van der Waals surface area (Å²) in [6.07, 6.45) is -3.50. The van der Waals surface area contributed by atoms with Crippen molar-refractivity contribution in [1.82, 2.24) is 9.88 Å². The first kappa shape index (κ1) is 16.7. The maximum atomic E-state index is 12.3. The van der Waals surface area contributed by atoms with Gasteiger partial charge in [0.2, 0.25) is 0 Å². The van der Waals surface area contributed by atoms with Gasteiger partial charge in [0.15, 0.2) is 0 Å². The Morgan fingerprint density at radius 3 is 2.43 bits per heavy atom. The van der Waals surface area contributed by atoms with Crippen LogP contribution in [-0.2, 0) is 11.0 Å². The molecule has 2 N–H and O–H groups in total. The molecule has 1 rings (SSSR count). The van der Waals surface area contributed by atoms with Crippen molar-refractivity contribution in [3.05, 3.63) is 24.0 Å². The van der Waals surface area contributed by atoms with Crippen LogP contribution in [0, 0.1) is 0 Å². The summed E-state index contributed by atoms with van der Waals surface area (Å²) in [5.41, 5.74) is -1.04. The third-order valence-corrected chi connectivity index (χ3v) is 2.76. The molecule has 6 nitrogen and oxygen atoms in total. The maximum absolute atomic E-state index is 12.3. The molecule has 0 aliphatic heterocycles. The third-order valence-electron chi connectivity index (χ3n) is 2.76. The Labute approximate surface area is 118 Å². The minimum absolute atomic E-state index is 0.0418. The molecule has 0 saturated carbocycles. The molecule has 0 aliphatic rings. The van der Waals surface area contributed by atoms with E-state index in [2.05, 4.69) is 10.3 Å². The van der Waals surface area contributed by atoms with Gasteiger partial charge >= 0.3 is 18.2 Å². The second-order valence-corrected chi connectivity index (χ2v) is 4.23. The van der Waals surface area contributed by atoms with Crippen molar-refractivity contribution in [3.8, 4) is 0 Å². The molecule has 116 valence electrons. The molecule has 9 heteroatoms. The number of carboxylic acids is 1. The van der Waals surface area contributed by atoms with Gasteiger partial charge in [-0.05, 0) is 18.6 Å². The molecule has 2 amide bonds. The van der Waals surface area contributed by atoms with E-state index in [1.54, 1.807) is 6.92 Å². The van der Waals surface area contributed by atoms with Crippen molar-refractivity contribution in [2.75, 3.05) is 12.4 Å². The Balaban J connectivity index is 2.77. The number of carbonyl (C=O) groups excluding carboxylic acids is 1.